The van der Waals surface area contributed by atoms with Gasteiger partial charge < -0.3 is 9.88 Å². The lowest BCUT2D eigenvalue weighted by molar-refractivity contribution is 0.0940. The Balaban J connectivity index is 1.98. The van der Waals surface area contributed by atoms with E-state index >= 15 is 0 Å². The first-order valence-corrected chi connectivity index (χ1v) is 7.72. The number of rotatable bonds is 4. The molecule has 0 aliphatic heterocycles. The van der Waals surface area contributed by atoms with Gasteiger partial charge in [0.2, 0.25) is 0 Å². The summed E-state index contributed by atoms with van der Waals surface area (Å²) in [6.07, 6.45) is 3.35. The predicted octanol–water partition coefficient (Wildman–Crippen LogP) is 3.73. The lowest BCUT2D eigenvalue weighted by Gasteiger charge is -2.19. The van der Waals surface area contributed by atoms with E-state index in [0.29, 0.717) is 22.0 Å². The van der Waals surface area contributed by atoms with Crippen LogP contribution in [-0.4, -0.2) is 15.5 Å². The van der Waals surface area contributed by atoms with Crippen LogP contribution in [0.5, 0.6) is 0 Å². The van der Waals surface area contributed by atoms with Crippen molar-refractivity contribution in [3.8, 4) is 0 Å². The number of benzene rings is 2. The van der Waals surface area contributed by atoms with Crippen molar-refractivity contribution in [2.75, 3.05) is 0 Å². The van der Waals surface area contributed by atoms with Crippen LogP contribution in [0.1, 0.15) is 27.8 Å². The zero-order valence-electron chi connectivity index (χ0n) is 12.9. The van der Waals surface area contributed by atoms with E-state index in [1.165, 1.54) is 6.07 Å². The molecule has 1 aromatic heterocycles. The van der Waals surface area contributed by atoms with Gasteiger partial charge in [0, 0.05) is 35.6 Å². The van der Waals surface area contributed by atoms with Gasteiger partial charge >= 0.3 is 0 Å². The molecule has 3 aromatic rings. The van der Waals surface area contributed by atoms with Crippen LogP contribution in [0.25, 0.3) is 0 Å². The van der Waals surface area contributed by atoms with Crippen LogP contribution in [0.15, 0.2) is 60.9 Å². The van der Waals surface area contributed by atoms with E-state index < -0.39 is 11.9 Å². The summed E-state index contributed by atoms with van der Waals surface area (Å²) in [5.41, 5.74) is 0.750. The summed E-state index contributed by atoms with van der Waals surface area (Å²) >= 11 is 5.94. The Morgan fingerprint density at radius 3 is 2.71 bits per heavy atom. The van der Waals surface area contributed by atoms with E-state index in [0.717, 1.165) is 0 Å². The van der Waals surface area contributed by atoms with Gasteiger partial charge in [-0.2, -0.15) is 0 Å². The molecular formula is C18H15ClFN3O. The number of nitrogens with one attached hydrogen (secondary N) is 1. The van der Waals surface area contributed by atoms with Crippen LogP contribution in [0.4, 0.5) is 4.39 Å². The van der Waals surface area contributed by atoms with Crippen molar-refractivity contribution in [3.63, 3.8) is 0 Å². The molecule has 2 aromatic carbocycles. The second-order valence-electron chi connectivity index (χ2n) is 5.33. The highest BCUT2D eigenvalue weighted by Crippen LogP contribution is 2.24. The van der Waals surface area contributed by atoms with Crippen molar-refractivity contribution in [2.24, 2.45) is 7.05 Å². The highest BCUT2D eigenvalue weighted by Gasteiger charge is 2.24. The van der Waals surface area contributed by atoms with Crippen LogP contribution in [0.2, 0.25) is 5.02 Å². The molecule has 3 rings (SSSR count). The molecule has 1 unspecified atom stereocenters. The molecule has 6 heteroatoms. The number of carbonyl (C=O) groups is 1. The normalized spacial score (nSPS) is 12.0. The zero-order chi connectivity index (χ0) is 17.1. The van der Waals surface area contributed by atoms with Gasteiger partial charge in [0.1, 0.15) is 17.7 Å². The third kappa shape index (κ3) is 3.31. The quantitative estimate of drug-likeness (QED) is 0.784. The summed E-state index contributed by atoms with van der Waals surface area (Å²) in [6, 6.07) is 12.2. The van der Waals surface area contributed by atoms with E-state index in [9.17, 15) is 9.18 Å². The Morgan fingerprint density at radius 2 is 2.04 bits per heavy atom. The lowest BCUT2D eigenvalue weighted by Crippen LogP contribution is -2.31. The number of aromatic nitrogens is 2. The van der Waals surface area contributed by atoms with Gasteiger partial charge in [-0.05, 0) is 24.3 Å². The van der Waals surface area contributed by atoms with Gasteiger partial charge in [-0.3, -0.25) is 4.79 Å². The smallest absolute Gasteiger partial charge is 0.252 e. The van der Waals surface area contributed by atoms with Crippen molar-refractivity contribution >= 4 is 17.5 Å². The molecule has 0 spiro atoms. The fourth-order valence-electron chi connectivity index (χ4n) is 2.49. The van der Waals surface area contributed by atoms with Gasteiger partial charge in [0.15, 0.2) is 0 Å². The van der Waals surface area contributed by atoms with E-state index in [2.05, 4.69) is 10.3 Å². The summed E-state index contributed by atoms with van der Waals surface area (Å²) in [6.45, 7) is 0. The molecule has 0 fully saturated rings. The number of hydrogen-bond donors (Lipinski definition) is 1. The van der Waals surface area contributed by atoms with Crippen LogP contribution in [0.3, 0.4) is 0 Å². The fourth-order valence-corrected chi connectivity index (χ4v) is 2.68. The molecule has 0 saturated carbocycles. The third-order valence-corrected chi connectivity index (χ3v) is 3.93. The summed E-state index contributed by atoms with van der Waals surface area (Å²) in [5.74, 6) is -0.221. The molecule has 0 aliphatic carbocycles. The minimum atomic E-state index is -0.710. The monoisotopic (exact) mass is 343 g/mol. The number of hydrogen-bond acceptors (Lipinski definition) is 2. The summed E-state index contributed by atoms with van der Waals surface area (Å²) in [7, 11) is 1.79. The van der Waals surface area contributed by atoms with E-state index in [1.54, 1.807) is 66.5 Å². The summed E-state index contributed by atoms with van der Waals surface area (Å²) < 4.78 is 16.0. The zero-order valence-corrected chi connectivity index (χ0v) is 13.7. The Labute approximate surface area is 143 Å². The number of amides is 1. The van der Waals surface area contributed by atoms with E-state index in [-0.39, 0.29) is 5.91 Å². The number of aryl methyl sites for hydroxylation is 1. The minimum absolute atomic E-state index is 0.349. The molecule has 1 atom stereocenters. The first kappa shape index (κ1) is 16.2. The van der Waals surface area contributed by atoms with E-state index in [1.807, 2.05) is 0 Å². The number of imidazole rings is 1. The van der Waals surface area contributed by atoms with Gasteiger partial charge in [-0.25, -0.2) is 9.37 Å². The Bertz CT molecular complexity index is 878. The minimum Gasteiger partial charge on any atom is -0.338 e. The fraction of sp³-hybridized carbons (Fsp3) is 0.111. The summed E-state index contributed by atoms with van der Waals surface area (Å²) in [5, 5.41) is 3.30. The molecule has 0 bridgehead atoms. The molecule has 1 heterocycles. The first-order valence-electron chi connectivity index (χ1n) is 7.34. The number of carbonyl (C=O) groups excluding carboxylic acids is 1. The number of nitrogens with zero attached hydrogens (tertiary/aromatic N) is 2. The summed E-state index contributed by atoms with van der Waals surface area (Å²) in [4.78, 5) is 16.8. The topological polar surface area (TPSA) is 46.9 Å². The van der Waals surface area contributed by atoms with Gasteiger partial charge in [0.25, 0.3) is 5.91 Å². The van der Waals surface area contributed by atoms with Gasteiger partial charge in [0.05, 0.1) is 0 Å². The van der Waals surface area contributed by atoms with Crippen LogP contribution >= 0.6 is 11.6 Å². The van der Waals surface area contributed by atoms with Crippen molar-refractivity contribution < 1.29 is 9.18 Å². The molecule has 24 heavy (non-hydrogen) atoms. The van der Waals surface area contributed by atoms with Crippen LogP contribution < -0.4 is 5.32 Å². The average molecular weight is 344 g/mol. The highest BCUT2D eigenvalue weighted by atomic mass is 35.5. The molecular weight excluding hydrogens is 329 g/mol. The van der Waals surface area contributed by atoms with Crippen molar-refractivity contribution in [2.45, 2.75) is 6.04 Å². The number of halogens is 2. The van der Waals surface area contributed by atoms with E-state index in [4.69, 9.17) is 11.6 Å². The maximum atomic E-state index is 14.3. The lowest BCUT2D eigenvalue weighted by atomic mass is 10.0. The van der Waals surface area contributed by atoms with Gasteiger partial charge in [-0.15, -0.1) is 0 Å². The molecule has 1 N–H and O–H groups in total. The average Bonchev–Trinajstić information content (AvgIpc) is 2.99. The van der Waals surface area contributed by atoms with Crippen molar-refractivity contribution in [1.82, 2.24) is 14.9 Å². The largest absolute Gasteiger partial charge is 0.338 e. The molecule has 0 saturated heterocycles. The van der Waals surface area contributed by atoms with Crippen molar-refractivity contribution in [3.05, 3.63) is 88.7 Å². The van der Waals surface area contributed by atoms with Gasteiger partial charge in [-0.1, -0.05) is 35.9 Å². The molecule has 0 aliphatic rings. The second-order valence-corrected chi connectivity index (χ2v) is 5.77. The standard InChI is InChI=1S/C18H15ClFN3O/c1-23-10-9-21-17(23)16(14-7-2-3-8-15(14)20)22-18(24)12-5-4-6-13(19)11-12/h2-11,16H,1H3,(H,22,24). The van der Waals surface area contributed by atoms with Crippen molar-refractivity contribution in [1.29, 1.82) is 0 Å². The molecule has 0 radical (unpaired) electrons. The van der Waals surface area contributed by atoms with Crippen LogP contribution in [0, 0.1) is 5.82 Å². The second kappa shape index (κ2) is 6.84. The first-order chi connectivity index (χ1) is 11.6. The highest BCUT2D eigenvalue weighted by molar-refractivity contribution is 6.30. The molecule has 4 nitrogen and oxygen atoms in total. The Morgan fingerprint density at radius 1 is 1.25 bits per heavy atom. The predicted molar refractivity (Wildman–Crippen MR) is 90.4 cm³/mol. The maximum Gasteiger partial charge on any atom is 0.252 e. The Hall–Kier alpha value is -2.66. The molecule has 1 amide bonds. The van der Waals surface area contributed by atoms with Crippen LogP contribution in [-0.2, 0) is 7.05 Å². The SMILES string of the molecule is Cn1ccnc1C(NC(=O)c1cccc(Cl)c1)c1ccccc1F. The third-order valence-electron chi connectivity index (χ3n) is 3.70. The molecule has 122 valence electrons. The Kier molecular flexibility index (Phi) is 4.62. The maximum absolute atomic E-state index is 14.3.